The smallest absolute Gasteiger partial charge is 0.159 e. The molecule has 0 aliphatic heterocycles. The van der Waals surface area contributed by atoms with E-state index in [0.29, 0.717) is 23.0 Å². The summed E-state index contributed by atoms with van der Waals surface area (Å²) in [6.45, 7) is 17.3. The number of hydrogen-bond acceptors (Lipinski definition) is 1. The van der Waals surface area contributed by atoms with Crippen LogP contribution in [0.2, 0.25) is 0 Å². The molecule has 170 valence electrons. The van der Waals surface area contributed by atoms with Crippen LogP contribution in [0.1, 0.15) is 113 Å². The van der Waals surface area contributed by atoms with Gasteiger partial charge in [0.15, 0.2) is 5.78 Å². The van der Waals surface area contributed by atoms with Gasteiger partial charge in [0.2, 0.25) is 0 Å². The summed E-state index contributed by atoms with van der Waals surface area (Å²) in [6.07, 6.45) is 15.4. The molecule has 0 amide bonds. The minimum absolute atomic E-state index is 0.184. The summed E-state index contributed by atoms with van der Waals surface area (Å²) in [7, 11) is 0. The monoisotopic (exact) mass is 412 g/mol. The van der Waals surface area contributed by atoms with Crippen LogP contribution in [-0.2, 0) is 4.79 Å². The molecule has 0 heterocycles. The second-order valence-corrected chi connectivity index (χ2v) is 13.2. The molecule has 1 unspecified atom stereocenters. The fraction of sp³-hybridized carbons (Fsp3) is 0.897. The van der Waals surface area contributed by atoms with Crippen molar-refractivity contribution in [3.63, 3.8) is 0 Å². The van der Waals surface area contributed by atoms with Gasteiger partial charge in [0.1, 0.15) is 0 Å². The zero-order chi connectivity index (χ0) is 21.9. The van der Waals surface area contributed by atoms with Crippen molar-refractivity contribution in [1.29, 1.82) is 0 Å². The fourth-order valence-electron chi connectivity index (χ4n) is 8.89. The van der Waals surface area contributed by atoms with Gasteiger partial charge in [-0.05, 0) is 90.4 Å². The molecular formula is C29H48O. The summed E-state index contributed by atoms with van der Waals surface area (Å²) >= 11 is 0. The van der Waals surface area contributed by atoms with Gasteiger partial charge in [-0.25, -0.2) is 0 Å². The van der Waals surface area contributed by atoms with Crippen LogP contribution in [0.25, 0.3) is 0 Å². The maximum Gasteiger partial charge on any atom is 0.159 e. The zero-order valence-corrected chi connectivity index (χ0v) is 21.0. The van der Waals surface area contributed by atoms with Crippen LogP contribution in [-0.4, -0.2) is 5.78 Å². The standard InChI is InChI=1S/C29H48O/c1-19(2)9-8-10-21(4)22-11-12-23-24-18-26(30)25-17-20(3)13-14-28(25,6)29(24,7)16-15-27(22,23)5/h18-23,25H,8-17H2,1-7H3/t20-,21+,22+,23?,25+,27+,28-,29-/m0/s1. The quantitative estimate of drug-likeness (QED) is 0.444. The first-order valence-electron chi connectivity index (χ1n) is 13.3. The molecule has 0 bridgehead atoms. The highest BCUT2D eigenvalue weighted by Gasteiger charge is 2.64. The third-order valence-electron chi connectivity index (χ3n) is 11.2. The number of carbonyl (C=O) groups excluding carboxylic acids is 1. The molecule has 0 aromatic carbocycles. The van der Waals surface area contributed by atoms with E-state index in [1.807, 2.05) is 0 Å². The van der Waals surface area contributed by atoms with Crippen molar-refractivity contribution in [1.82, 2.24) is 0 Å². The van der Waals surface area contributed by atoms with Gasteiger partial charge in [0, 0.05) is 5.92 Å². The molecule has 3 saturated carbocycles. The Morgan fingerprint density at radius 1 is 0.967 bits per heavy atom. The molecule has 0 aromatic heterocycles. The minimum atomic E-state index is 0.184. The highest BCUT2D eigenvalue weighted by molar-refractivity contribution is 5.95. The van der Waals surface area contributed by atoms with Crippen molar-refractivity contribution in [3.05, 3.63) is 11.6 Å². The minimum Gasteiger partial charge on any atom is -0.295 e. The Morgan fingerprint density at radius 2 is 1.70 bits per heavy atom. The maximum atomic E-state index is 13.4. The lowest BCUT2D eigenvalue weighted by Crippen LogP contribution is -2.57. The Bertz CT molecular complexity index is 703. The Morgan fingerprint density at radius 3 is 2.40 bits per heavy atom. The lowest BCUT2D eigenvalue weighted by molar-refractivity contribution is -0.137. The van der Waals surface area contributed by atoms with Gasteiger partial charge in [-0.15, -0.1) is 0 Å². The van der Waals surface area contributed by atoms with E-state index in [1.165, 1.54) is 57.8 Å². The highest BCUT2D eigenvalue weighted by atomic mass is 16.1. The molecule has 0 aromatic rings. The molecule has 8 atom stereocenters. The van der Waals surface area contributed by atoms with E-state index < -0.39 is 0 Å². The molecule has 1 nitrogen and oxygen atoms in total. The fourth-order valence-corrected chi connectivity index (χ4v) is 8.89. The number of allylic oxidation sites excluding steroid dienone is 2. The van der Waals surface area contributed by atoms with Crippen molar-refractivity contribution in [2.24, 2.45) is 51.8 Å². The summed E-state index contributed by atoms with van der Waals surface area (Å²) in [5, 5.41) is 0. The van der Waals surface area contributed by atoms with Gasteiger partial charge in [0.25, 0.3) is 0 Å². The highest BCUT2D eigenvalue weighted by Crippen LogP contribution is 2.71. The first-order valence-corrected chi connectivity index (χ1v) is 13.3. The lowest BCUT2D eigenvalue weighted by Gasteiger charge is -2.63. The molecule has 4 aliphatic rings. The van der Waals surface area contributed by atoms with E-state index in [9.17, 15) is 4.79 Å². The molecule has 4 rings (SSSR count). The van der Waals surface area contributed by atoms with Gasteiger partial charge < -0.3 is 0 Å². The van der Waals surface area contributed by atoms with Gasteiger partial charge >= 0.3 is 0 Å². The molecule has 0 N–H and O–H groups in total. The van der Waals surface area contributed by atoms with E-state index in [-0.39, 0.29) is 16.7 Å². The zero-order valence-electron chi connectivity index (χ0n) is 21.0. The molecule has 3 fully saturated rings. The summed E-state index contributed by atoms with van der Waals surface area (Å²) in [5.74, 6) is 4.59. The summed E-state index contributed by atoms with van der Waals surface area (Å²) in [5.41, 5.74) is 2.43. The van der Waals surface area contributed by atoms with Gasteiger partial charge in [-0.2, -0.15) is 0 Å². The van der Waals surface area contributed by atoms with Crippen molar-refractivity contribution in [3.8, 4) is 0 Å². The number of carbonyl (C=O) groups is 1. The summed E-state index contributed by atoms with van der Waals surface area (Å²) < 4.78 is 0. The summed E-state index contributed by atoms with van der Waals surface area (Å²) in [6, 6.07) is 0. The Hall–Kier alpha value is -0.590. The Labute approximate surface area is 186 Å². The van der Waals surface area contributed by atoms with Crippen molar-refractivity contribution in [2.75, 3.05) is 0 Å². The van der Waals surface area contributed by atoms with E-state index in [2.05, 4.69) is 54.5 Å². The first kappa shape index (κ1) is 22.6. The molecule has 4 aliphatic carbocycles. The van der Waals surface area contributed by atoms with E-state index in [0.717, 1.165) is 24.2 Å². The average Bonchev–Trinajstić information content (AvgIpc) is 3.02. The molecule has 0 spiro atoms. The average molecular weight is 413 g/mol. The number of rotatable bonds is 5. The van der Waals surface area contributed by atoms with Crippen LogP contribution in [0.15, 0.2) is 11.6 Å². The number of hydrogen-bond donors (Lipinski definition) is 0. The van der Waals surface area contributed by atoms with Crippen LogP contribution in [0.3, 0.4) is 0 Å². The first-order chi connectivity index (χ1) is 14.0. The third kappa shape index (κ3) is 3.27. The molecule has 30 heavy (non-hydrogen) atoms. The largest absolute Gasteiger partial charge is 0.295 e. The van der Waals surface area contributed by atoms with E-state index in [1.54, 1.807) is 5.57 Å². The van der Waals surface area contributed by atoms with Crippen LogP contribution in [0.5, 0.6) is 0 Å². The SMILES string of the molecule is CC(C)CCC[C@@H](C)[C@H]1CCC2C3=CC(=O)[C@H]4C[C@@H](C)CC[C@]4(C)[C@@]3(C)CC[C@@]21C. The molecule has 1 heteroatoms. The van der Waals surface area contributed by atoms with E-state index in [4.69, 9.17) is 0 Å². The van der Waals surface area contributed by atoms with Crippen LogP contribution >= 0.6 is 0 Å². The maximum absolute atomic E-state index is 13.4. The topological polar surface area (TPSA) is 17.1 Å². The Balaban J connectivity index is 1.60. The molecule has 0 saturated heterocycles. The number of ketones is 1. The van der Waals surface area contributed by atoms with Crippen molar-refractivity contribution < 1.29 is 4.79 Å². The molecular weight excluding hydrogens is 364 g/mol. The van der Waals surface area contributed by atoms with E-state index >= 15 is 0 Å². The predicted octanol–water partition coefficient (Wildman–Crippen LogP) is 8.23. The molecule has 0 radical (unpaired) electrons. The number of fused-ring (bicyclic) bond motifs is 5. The normalized spacial score (nSPS) is 46.8. The van der Waals surface area contributed by atoms with Crippen LogP contribution in [0.4, 0.5) is 0 Å². The third-order valence-corrected chi connectivity index (χ3v) is 11.2. The van der Waals surface area contributed by atoms with Crippen molar-refractivity contribution >= 4 is 5.78 Å². The van der Waals surface area contributed by atoms with Gasteiger partial charge in [-0.3, -0.25) is 4.79 Å². The second-order valence-electron chi connectivity index (χ2n) is 13.2. The van der Waals surface area contributed by atoms with Crippen LogP contribution < -0.4 is 0 Å². The Kier molecular flexibility index (Phi) is 5.85. The lowest BCUT2D eigenvalue weighted by atomic mass is 9.41. The van der Waals surface area contributed by atoms with Gasteiger partial charge in [-0.1, -0.05) is 79.7 Å². The second kappa shape index (κ2) is 7.77. The predicted molar refractivity (Wildman–Crippen MR) is 127 cm³/mol. The van der Waals surface area contributed by atoms with Gasteiger partial charge in [0.05, 0.1) is 0 Å². The van der Waals surface area contributed by atoms with Crippen molar-refractivity contribution in [2.45, 2.75) is 113 Å². The summed E-state index contributed by atoms with van der Waals surface area (Å²) in [4.78, 5) is 13.4. The van der Waals surface area contributed by atoms with Crippen LogP contribution in [0, 0.1) is 51.8 Å².